The topological polar surface area (TPSA) is 41.3 Å². The van der Waals surface area contributed by atoms with Gasteiger partial charge >= 0.3 is 0 Å². The van der Waals surface area contributed by atoms with Gasteiger partial charge in [-0.15, -0.1) is 0 Å². The third-order valence-electron chi connectivity index (χ3n) is 3.04. The number of hydrogen-bond acceptors (Lipinski definition) is 3. The molecule has 0 saturated heterocycles. The summed E-state index contributed by atoms with van der Waals surface area (Å²) in [6.45, 7) is 10.7. The minimum absolute atomic E-state index is 0.0671. The fraction of sp³-hybridized carbons (Fsp3) is 1.00. The highest BCUT2D eigenvalue weighted by Gasteiger charge is 2.22. The van der Waals surface area contributed by atoms with Crippen molar-refractivity contribution in [2.24, 2.45) is 5.73 Å². The van der Waals surface area contributed by atoms with E-state index >= 15 is 0 Å². The summed E-state index contributed by atoms with van der Waals surface area (Å²) in [6, 6.07) is 0. The second-order valence-corrected chi connectivity index (χ2v) is 5.14. The van der Waals surface area contributed by atoms with Crippen molar-refractivity contribution in [1.29, 1.82) is 0 Å². The van der Waals surface area contributed by atoms with Crippen LogP contribution in [0.25, 0.3) is 0 Å². The van der Waals surface area contributed by atoms with Crippen LogP contribution in [0.15, 0.2) is 0 Å². The molecule has 3 heteroatoms. The number of unbranched alkanes of at least 4 members (excludes halogenated alkanes) is 2. The van der Waals surface area contributed by atoms with Crippen LogP contribution in [0.1, 0.15) is 46.5 Å². The third-order valence-corrected chi connectivity index (χ3v) is 3.04. The molecule has 0 spiro atoms. The normalized spacial score (nSPS) is 15.4. The van der Waals surface area contributed by atoms with Crippen molar-refractivity contribution in [3.05, 3.63) is 0 Å². The van der Waals surface area contributed by atoms with Crippen LogP contribution in [0.5, 0.6) is 0 Å². The summed E-state index contributed by atoms with van der Waals surface area (Å²) in [6.07, 6.45) is 4.99. The molecular formula is C13H31N3. The lowest BCUT2D eigenvalue weighted by atomic mass is 10.0. The Morgan fingerprint density at radius 2 is 1.81 bits per heavy atom. The number of nitrogens with two attached hydrogens (primary N) is 1. The molecule has 0 amide bonds. The van der Waals surface area contributed by atoms with Crippen molar-refractivity contribution >= 4 is 0 Å². The molecule has 0 bridgehead atoms. The van der Waals surface area contributed by atoms with E-state index in [0.29, 0.717) is 6.54 Å². The van der Waals surface area contributed by atoms with Crippen LogP contribution in [0.3, 0.4) is 0 Å². The summed E-state index contributed by atoms with van der Waals surface area (Å²) in [5, 5.41) is 3.59. The van der Waals surface area contributed by atoms with Gasteiger partial charge in [0.1, 0.15) is 0 Å². The number of rotatable bonds is 10. The summed E-state index contributed by atoms with van der Waals surface area (Å²) in [7, 11) is 2.19. The minimum Gasteiger partial charge on any atom is -0.329 e. The molecule has 3 N–H and O–H groups in total. The molecule has 0 heterocycles. The largest absolute Gasteiger partial charge is 0.329 e. The maximum absolute atomic E-state index is 5.88. The molecule has 0 aliphatic rings. The summed E-state index contributed by atoms with van der Waals surface area (Å²) in [4.78, 5) is 2.38. The Hall–Kier alpha value is -0.120. The van der Waals surface area contributed by atoms with Gasteiger partial charge in [0.2, 0.25) is 0 Å². The van der Waals surface area contributed by atoms with E-state index in [1.54, 1.807) is 0 Å². The van der Waals surface area contributed by atoms with Crippen LogP contribution in [0.4, 0.5) is 0 Å². The van der Waals surface area contributed by atoms with E-state index < -0.39 is 0 Å². The molecule has 0 fully saturated rings. The van der Waals surface area contributed by atoms with Crippen LogP contribution in [0.2, 0.25) is 0 Å². The molecule has 16 heavy (non-hydrogen) atoms. The lowest BCUT2D eigenvalue weighted by Crippen LogP contribution is -2.55. The second kappa shape index (κ2) is 8.97. The zero-order valence-electron chi connectivity index (χ0n) is 11.7. The van der Waals surface area contributed by atoms with Crippen molar-refractivity contribution in [3.8, 4) is 0 Å². The van der Waals surface area contributed by atoms with Crippen molar-refractivity contribution in [2.45, 2.75) is 52.0 Å². The number of likely N-dealkylation sites (N-methyl/N-ethyl adjacent to an activating group) is 1. The van der Waals surface area contributed by atoms with Gasteiger partial charge in [-0.3, -0.25) is 0 Å². The maximum Gasteiger partial charge on any atom is 0.0403 e. The van der Waals surface area contributed by atoms with Crippen LogP contribution in [-0.4, -0.2) is 43.7 Å². The fourth-order valence-electron chi connectivity index (χ4n) is 1.86. The smallest absolute Gasteiger partial charge is 0.0403 e. The van der Waals surface area contributed by atoms with E-state index in [-0.39, 0.29) is 5.54 Å². The first-order chi connectivity index (χ1) is 7.58. The molecule has 0 aromatic carbocycles. The second-order valence-electron chi connectivity index (χ2n) is 5.14. The van der Waals surface area contributed by atoms with Crippen molar-refractivity contribution in [2.75, 3.05) is 33.2 Å². The molecule has 98 valence electrons. The average molecular weight is 229 g/mol. The highest BCUT2D eigenvalue weighted by molar-refractivity contribution is 4.86. The van der Waals surface area contributed by atoms with Crippen LogP contribution >= 0.6 is 0 Å². The summed E-state index contributed by atoms with van der Waals surface area (Å²) in [5.74, 6) is 0. The number of nitrogens with one attached hydrogen (secondary N) is 1. The van der Waals surface area contributed by atoms with E-state index in [2.05, 4.69) is 38.0 Å². The molecule has 0 aliphatic carbocycles. The van der Waals surface area contributed by atoms with Crippen LogP contribution < -0.4 is 11.1 Å². The van der Waals surface area contributed by atoms with Crippen LogP contribution in [0, 0.1) is 0 Å². The Labute approximate surface area is 102 Å². The van der Waals surface area contributed by atoms with E-state index in [1.807, 2.05) is 0 Å². The van der Waals surface area contributed by atoms with Gasteiger partial charge in [0, 0.05) is 18.6 Å². The van der Waals surface area contributed by atoms with Gasteiger partial charge in [-0.1, -0.05) is 26.7 Å². The predicted molar refractivity (Wildman–Crippen MR) is 72.8 cm³/mol. The van der Waals surface area contributed by atoms with Gasteiger partial charge in [0.05, 0.1) is 0 Å². The van der Waals surface area contributed by atoms with Gasteiger partial charge in [-0.2, -0.15) is 0 Å². The molecule has 0 aromatic heterocycles. The van der Waals surface area contributed by atoms with Crippen LogP contribution in [-0.2, 0) is 0 Å². The molecule has 1 atom stereocenters. The Morgan fingerprint density at radius 1 is 1.19 bits per heavy atom. The first kappa shape index (κ1) is 15.9. The van der Waals surface area contributed by atoms with Gasteiger partial charge in [-0.05, 0) is 39.9 Å². The minimum atomic E-state index is 0.0671. The quantitative estimate of drug-likeness (QED) is 0.562. The zero-order chi connectivity index (χ0) is 12.4. The molecule has 0 aliphatic heterocycles. The lowest BCUT2D eigenvalue weighted by Gasteiger charge is -2.34. The van der Waals surface area contributed by atoms with E-state index in [1.165, 1.54) is 32.2 Å². The Bertz CT molecular complexity index is 161. The van der Waals surface area contributed by atoms with Crippen molar-refractivity contribution in [1.82, 2.24) is 10.2 Å². The van der Waals surface area contributed by atoms with Crippen molar-refractivity contribution in [3.63, 3.8) is 0 Å². The van der Waals surface area contributed by atoms with Gasteiger partial charge in [-0.25, -0.2) is 0 Å². The standard InChI is InChI=1S/C13H31N3/c1-5-7-9-15-13(3,11-14)12-16(4)10-8-6-2/h15H,5-12,14H2,1-4H3. The monoisotopic (exact) mass is 229 g/mol. The highest BCUT2D eigenvalue weighted by atomic mass is 15.1. The lowest BCUT2D eigenvalue weighted by molar-refractivity contribution is 0.223. The Balaban J connectivity index is 3.93. The number of nitrogens with zero attached hydrogens (tertiary/aromatic N) is 1. The summed E-state index contributed by atoms with van der Waals surface area (Å²) in [5.41, 5.74) is 5.94. The summed E-state index contributed by atoms with van der Waals surface area (Å²) >= 11 is 0. The van der Waals surface area contributed by atoms with Gasteiger partial charge < -0.3 is 16.0 Å². The van der Waals surface area contributed by atoms with Gasteiger partial charge in [0.15, 0.2) is 0 Å². The molecule has 3 nitrogen and oxygen atoms in total. The molecular weight excluding hydrogens is 198 g/mol. The van der Waals surface area contributed by atoms with Crippen molar-refractivity contribution < 1.29 is 0 Å². The maximum atomic E-state index is 5.88. The van der Waals surface area contributed by atoms with E-state index in [0.717, 1.165) is 13.1 Å². The predicted octanol–water partition coefficient (Wildman–Crippen LogP) is 1.83. The molecule has 0 aromatic rings. The van der Waals surface area contributed by atoms with E-state index in [4.69, 9.17) is 5.73 Å². The first-order valence-electron chi connectivity index (χ1n) is 6.71. The molecule has 0 saturated carbocycles. The van der Waals surface area contributed by atoms with Gasteiger partial charge in [0.25, 0.3) is 0 Å². The van der Waals surface area contributed by atoms with E-state index in [9.17, 15) is 0 Å². The first-order valence-corrected chi connectivity index (χ1v) is 6.71. The average Bonchev–Trinajstić information content (AvgIpc) is 2.26. The molecule has 1 unspecified atom stereocenters. The fourth-order valence-corrected chi connectivity index (χ4v) is 1.86. The Kier molecular flexibility index (Phi) is 8.90. The highest BCUT2D eigenvalue weighted by Crippen LogP contribution is 2.05. The molecule has 0 rings (SSSR count). The summed E-state index contributed by atoms with van der Waals surface area (Å²) < 4.78 is 0. The third kappa shape index (κ3) is 7.20. The Morgan fingerprint density at radius 3 is 2.31 bits per heavy atom. The zero-order valence-corrected chi connectivity index (χ0v) is 11.7. The number of hydrogen-bond donors (Lipinski definition) is 2. The SMILES string of the molecule is CCCCNC(C)(CN)CN(C)CCCC. The molecule has 0 radical (unpaired) electrons.